The van der Waals surface area contributed by atoms with Crippen molar-refractivity contribution in [2.45, 2.75) is 47.1 Å². The Hall–Kier alpha value is -1.84. The number of aryl methyl sites for hydroxylation is 3. The molecule has 0 aliphatic heterocycles. The Labute approximate surface area is 114 Å². The van der Waals surface area contributed by atoms with Crippen LogP contribution in [-0.2, 0) is 6.54 Å². The van der Waals surface area contributed by atoms with E-state index in [2.05, 4.69) is 57.1 Å². The normalized spacial score (nSPS) is 11.3. The zero-order valence-corrected chi connectivity index (χ0v) is 12.4. The van der Waals surface area contributed by atoms with Crippen LogP contribution in [0.15, 0.2) is 12.1 Å². The quantitative estimate of drug-likeness (QED) is 0.920. The molecule has 0 saturated heterocycles. The Bertz CT molecular complexity index is 573. The Balaban J connectivity index is 2.42. The summed E-state index contributed by atoms with van der Waals surface area (Å²) in [5.74, 6) is 0.860. The van der Waals surface area contributed by atoms with Gasteiger partial charge in [0.05, 0.1) is 12.2 Å². The Kier molecular flexibility index (Phi) is 3.60. The van der Waals surface area contributed by atoms with Gasteiger partial charge in [0.25, 0.3) is 0 Å². The maximum Gasteiger partial charge on any atom is 0.169 e. The third-order valence-electron chi connectivity index (χ3n) is 3.50. The summed E-state index contributed by atoms with van der Waals surface area (Å²) >= 11 is 0. The van der Waals surface area contributed by atoms with Crippen LogP contribution >= 0.6 is 0 Å². The van der Waals surface area contributed by atoms with Crippen molar-refractivity contribution in [1.29, 1.82) is 0 Å². The summed E-state index contributed by atoms with van der Waals surface area (Å²) in [5, 5.41) is 8.18. The van der Waals surface area contributed by atoms with Gasteiger partial charge in [-0.05, 0) is 43.4 Å². The summed E-state index contributed by atoms with van der Waals surface area (Å²) in [4.78, 5) is 0. The number of nitrogens with zero attached hydrogens (tertiary/aromatic N) is 3. The number of anilines is 1. The summed E-state index contributed by atoms with van der Waals surface area (Å²) in [6.07, 6.45) is 0. The van der Waals surface area contributed by atoms with Crippen LogP contribution in [0, 0.1) is 20.8 Å². The zero-order valence-electron chi connectivity index (χ0n) is 12.4. The number of hydrogen-bond donors (Lipinski definition) is 1. The van der Waals surface area contributed by atoms with Gasteiger partial charge in [-0.25, -0.2) is 4.68 Å². The fourth-order valence-corrected chi connectivity index (χ4v) is 2.65. The van der Waals surface area contributed by atoms with Gasteiger partial charge in [0, 0.05) is 0 Å². The molecule has 1 aromatic carbocycles. The number of nitrogen functional groups attached to an aromatic ring is 1. The van der Waals surface area contributed by atoms with Crippen LogP contribution in [0.2, 0.25) is 0 Å². The lowest BCUT2D eigenvalue weighted by atomic mass is 9.99. The molecule has 0 atom stereocenters. The highest BCUT2D eigenvalue weighted by Gasteiger charge is 2.15. The van der Waals surface area contributed by atoms with Gasteiger partial charge in [-0.15, -0.1) is 5.10 Å². The van der Waals surface area contributed by atoms with Crippen molar-refractivity contribution >= 4 is 5.82 Å². The van der Waals surface area contributed by atoms with Crippen LogP contribution in [0.25, 0.3) is 0 Å². The van der Waals surface area contributed by atoms with Crippen molar-refractivity contribution in [2.24, 2.45) is 0 Å². The molecule has 102 valence electrons. The molecule has 0 unspecified atom stereocenters. The van der Waals surface area contributed by atoms with Gasteiger partial charge >= 0.3 is 0 Å². The van der Waals surface area contributed by atoms with Gasteiger partial charge in [0.15, 0.2) is 5.82 Å². The third-order valence-corrected chi connectivity index (χ3v) is 3.50. The molecule has 0 aliphatic rings. The van der Waals surface area contributed by atoms with Crippen LogP contribution in [0.1, 0.15) is 47.7 Å². The van der Waals surface area contributed by atoms with E-state index in [9.17, 15) is 0 Å². The number of aromatic nitrogens is 3. The lowest BCUT2D eigenvalue weighted by Crippen LogP contribution is -2.11. The number of nitrogens with two attached hydrogens (primary N) is 1. The first kappa shape index (κ1) is 13.6. The van der Waals surface area contributed by atoms with Gasteiger partial charge in [-0.3, -0.25) is 0 Å². The fraction of sp³-hybridized carbons (Fsp3) is 0.467. The first-order valence-electron chi connectivity index (χ1n) is 6.65. The van der Waals surface area contributed by atoms with E-state index in [1.54, 1.807) is 0 Å². The standard InChI is InChI=1S/C15H22N4/c1-9(2)14-15(16)17-18-19(14)8-13-11(4)6-10(3)7-12(13)5/h6-7,9H,8,16H2,1-5H3. The third kappa shape index (κ3) is 2.62. The largest absolute Gasteiger partial charge is 0.381 e. The molecule has 0 radical (unpaired) electrons. The molecule has 2 rings (SSSR count). The van der Waals surface area contributed by atoms with Gasteiger partial charge in [-0.1, -0.05) is 36.8 Å². The first-order valence-corrected chi connectivity index (χ1v) is 6.65. The highest BCUT2D eigenvalue weighted by atomic mass is 15.4. The minimum Gasteiger partial charge on any atom is -0.381 e. The van der Waals surface area contributed by atoms with Crippen molar-refractivity contribution in [3.05, 3.63) is 40.1 Å². The van der Waals surface area contributed by atoms with E-state index in [1.807, 2.05) is 4.68 Å². The van der Waals surface area contributed by atoms with E-state index in [0.29, 0.717) is 11.7 Å². The van der Waals surface area contributed by atoms with Crippen molar-refractivity contribution in [2.75, 3.05) is 5.73 Å². The van der Waals surface area contributed by atoms with Crippen LogP contribution in [0.4, 0.5) is 5.82 Å². The topological polar surface area (TPSA) is 56.7 Å². The van der Waals surface area contributed by atoms with Gasteiger partial charge in [0.2, 0.25) is 0 Å². The number of rotatable bonds is 3. The van der Waals surface area contributed by atoms with Crippen molar-refractivity contribution in [3.8, 4) is 0 Å². The Morgan fingerprint density at radius 2 is 1.74 bits per heavy atom. The average Bonchev–Trinajstić information content (AvgIpc) is 2.64. The molecule has 2 N–H and O–H groups in total. The second-order valence-corrected chi connectivity index (χ2v) is 5.55. The Morgan fingerprint density at radius 3 is 2.26 bits per heavy atom. The van der Waals surface area contributed by atoms with Gasteiger partial charge < -0.3 is 5.73 Å². The van der Waals surface area contributed by atoms with E-state index in [0.717, 1.165) is 12.2 Å². The molecular weight excluding hydrogens is 236 g/mol. The maximum absolute atomic E-state index is 5.90. The van der Waals surface area contributed by atoms with Gasteiger partial charge in [0.1, 0.15) is 0 Å². The SMILES string of the molecule is Cc1cc(C)c(Cn2nnc(N)c2C(C)C)c(C)c1. The summed E-state index contributed by atoms with van der Waals surface area (Å²) in [5.41, 5.74) is 12.1. The number of benzene rings is 1. The van der Waals surface area contributed by atoms with E-state index in [4.69, 9.17) is 5.73 Å². The summed E-state index contributed by atoms with van der Waals surface area (Å²) in [7, 11) is 0. The molecule has 0 saturated carbocycles. The van der Waals surface area contributed by atoms with E-state index in [-0.39, 0.29) is 0 Å². The molecule has 0 fully saturated rings. The maximum atomic E-state index is 5.90. The molecule has 1 heterocycles. The minimum atomic E-state index is 0.320. The second-order valence-electron chi connectivity index (χ2n) is 5.55. The van der Waals surface area contributed by atoms with E-state index in [1.165, 1.54) is 22.3 Å². The summed E-state index contributed by atoms with van der Waals surface area (Å²) in [6.45, 7) is 11.4. The minimum absolute atomic E-state index is 0.320. The summed E-state index contributed by atoms with van der Waals surface area (Å²) < 4.78 is 1.92. The highest BCUT2D eigenvalue weighted by Crippen LogP contribution is 2.23. The van der Waals surface area contributed by atoms with Crippen molar-refractivity contribution < 1.29 is 0 Å². The fourth-order valence-electron chi connectivity index (χ4n) is 2.65. The van der Waals surface area contributed by atoms with Crippen LogP contribution in [0.3, 0.4) is 0 Å². The molecule has 1 aromatic heterocycles. The monoisotopic (exact) mass is 258 g/mol. The van der Waals surface area contributed by atoms with Gasteiger partial charge in [-0.2, -0.15) is 0 Å². The lowest BCUT2D eigenvalue weighted by molar-refractivity contribution is 0.595. The van der Waals surface area contributed by atoms with Crippen LogP contribution in [0.5, 0.6) is 0 Å². The van der Waals surface area contributed by atoms with Crippen LogP contribution < -0.4 is 5.73 Å². The molecule has 2 aromatic rings. The molecule has 0 amide bonds. The molecule has 0 bridgehead atoms. The average molecular weight is 258 g/mol. The molecule has 4 nitrogen and oxygen atoms in total. The highest BCUT2D eigenvalue weighted by molar-refractivity contribution is 5.39. The lowest BCUT2D eigenvalue weighted by Gasteiger charge is -2.14. The smallest absolute Gasteiger partial charge is 0.169 e. The van der Waals surface area contributed by atoms with Crippen molar-refractivity contribution in [1.82, 2.24) is 15.0 Å². The Morgan fingerprint density at radius 1 is 1.16 bits per heavy atom. The van der Waals surface area contributed by atoms with Crippen LogP contribution in [-0.4, -0.2) is 15.0 Å². The van der Waals surface area contributed by atoms with Crippen molar-refractivity contribution in [3.63, 3.8) is 0 Å². The molecule has 4 heteroatoms. The van der Waals surface area contributed by atoms with E-state index < -0.39 is 0 Å². The van der Waals surface area contributed by atoms with E-state index >= 15 is 0 Å². The molecule has 19 heavy (non-hydrogen) atoms. The predicted octanol–water partition coefficient (Wildman–Crippen LogP) is 2.96. The predicted molar refractivity (Wildman–Crippen MR) is 78.3 cm³/mol. The molecular formula is C15H22N4. The number of hydrogen-bond acceptors (Lipinski definition) is 3. The zero-order chi connectivity index (χ0) is 14.2. The molecule has 0 spiro atoms. The molecule has 0 aliphatic carbocycles. The first-order chi connectivity index (χ1) is 8.90. The second kappa shape index (κ2) is 5.03. The summed E-state index contributed by atoms with van der Waals surface area (Å²) in [6, 6.07) is 4.41.